The van der Waals surface area contributed by atoms with Gasteiger partial charge in [-0.15, -0.1) is 6.42 Å². The summed E-state index contributed by atoms with van der Waals surface area (Å²) in [5.41, 5.74) is 1.88. The van der Waals surface area contributed by atoms with Crippen LogP contribution in [0.5, 0.6) is 0 Å². The monoisotopic (exact) mass is 366 g/mol. The highest BCUT2D eigenvalue weighted by molar-refractivity contribution is 5.92. The van der Waals surface area contributed by atoms with E-state index in [9.17, 15) is 9.59 Å². The van der Waals surface area contributed by atoms with E-state index in [-0.39, 0.29) is 22.6 Å². The molecular formula is C24H30O3. The van der Waals surface area contributed by atoms with E-state index in [1.165, 1.54) is 11.1 Å². The molecule has 0 N–H and O–H groups in total. The van der Waals surface area contributed by atoms with Crippen LogP contribution in [0.25, 0.3) is 0 Å². The first-order valence-electron chi connectivity index (χ1n) is 10.4. The van der Waals surface area contributed by atoms with Gasteiger partial charge in [0.05, 0.1) is 0 Å². The summed E-state index contributed by atoms with van der Waals surface area (Å²) in [4.78, 5) is 24.1. The fourth-order valence-corrected chi connectivity index (χ4v) is 6.55. The number of fused-ring (bicyclic) bond motifs is 5. The molecule has 0 spiro atoms. The van der Waals surface area contributed by atoms with Crippen LogP contribution in [-0.2, 0) is 14.3 Å². The average molecular weight is 367 g/mol. The second-order valence-corrected chi connectivity index (χ2v) is 9.34. The Labute approximate surface area is 162 Å². The van der Waals surface area contributed by atoms with Crippen molar-refractivity contribution in [1.29, 1.82) is 0 Å². The van der Waals surface area contributed by atoms with Gasteiger partial charge in [0.25, 0.3) is 0 Å². The molecular weight excluding hydrogens is 336 g/mol. The predicted molar refractivity (Wildman–Crippen MR) is 105 cm³/mol. The van der Waals surface area contributed by atoms with Crippen LogP contribution in [0, 0.1) is 35.0 Å². The Kier molecular flexibility index (Phi) is 4.18. The van der Waals surface area contributed by atoms with Gasteiger partial charge in [-0.3, -0.25) is 9.59 Å². The van der Waals surface area contributed by atoms with E-state index in [2.05, 4.69) is 25.8 Å². The van der Waals surface area contributed by atoms with Crippen LogP contribution in [0.1, 0.15) is 72.1 Å². The quantitative estimate of drug-likeness (QED) is 0.402. The number of carbonyl (C=O) groups excluding carboxylic acids is 2. The number of ether oxygens (including phenoxy) is 1. The summed E-state index contributed by atoms with van der Waals surface area (Å²) in [6.07, 6.45) is 16.9. The normalized spacial score (nSPS) is 42.8. The summed E-state index contributed by atoms with van der Waals surface area (Å²) in [5.74, 6) is 3.92. The predicted octanol–water partition coefficient (Wildman–Crippen LogP) is 4.76. The zero-order valence-corrected chi connectivity index (χ0v) is 16.8. The Morgan fingerprint density at radius 2 is 2.07 bits per heavy atom. The molecule has 3 heteroatoms. The van der Waals surface area contributed by atoms with Crippen molar-refractivity contribution in [2.24, 2.45) is 22.7 Å². The van der Waals surface area contributed by atoms with E-state index >= 15 is 0 Å². The lowest BCUT2D eigenvalue weighted by atomic mass is 9.51. The molecule has 4 aliphatic carbocycles. The maximum Gasteiger partial charge on any atom is 0.307 e. The molecule has 0 unspecified atom stereocenters. The van der Waals surface area contributed by atoms with E-state index in [1.807, 2.05) is 13.0 Å². The van der Waals surface area contributed by atoms with E-state index in [1.54, 1.807) is 0 Å². The zero-order chi connectivity index (χ0) is 19.4. The molecule has 0 aliphatic heterocycles. The number of rotatable bonds is 2. The Balaban J connectivity index is 1.73. The van der Waals surface area contributed by atoms with Crippen molar-refractivity contribution in [2.45, 2.75) is 77.7 Å². The van der Waals surface area contributed by atoms with Gasteiger partial charge in [0, 0.05) is 23.7 Å². The minimum Gasteiger partial charge on any atom is -0.445 e. The maximum absolute atomic E-state index is 12.1. The van der Waals surface area contributed by atoms with E-state index in [4.69, 9.17) is 11.2 Å². The third-order valence-corrected chi connectivity index (χ3v) is 8.27. The van der Waals surface area contributed by atoms with Crippen molar-refractivity contribution >= 4 is 11.8 Å². The molecule has 144 valence electrons. The Morgan fingerprint density at radius 3 is 2.78 bits per heavy atom. The van der Waals surface area contributed by atoms with Gasteiger partial charge >= 0.3 is 5.97 Å². The van der Waals surface area contributed by atoms with Crippen molar-refractivity contribution in [3.8, 4) is 12.3 Å². The lowest BCUT2D eigenvalue weighted by Crippen LogP contribution is -2.52. The fourth-order valence-electron chi connectivity index (χ4n) is 6.55. The highest BCUT2D eigenvalue weighted by Crippen LogP contribution is 2.66. The van der Waals surface area contributed by atoms with E-state index in [0.717, 1.165) is 38.5 Å². The number of carbonyl (C=O) groups is 2. The summed E-state index contributed by atoms with van der Waals surface area (Å²) < 4.78 is 5.94. The minimum atomic E-state index is -0.785. The molecule has 5 atom stereocenters. The first kappa shape index (κ1) is 18.5. The lowest BCUT2D eigenvalue weighted by molar-refractivity contribution is -0.165. The third kappa shape index (κ3) is 2.42. The Morgan fingerprint density at radius 1 is 1.30 bits per heavy atom. The van der Waals surface area contributed by atoms with Crippen molar-refractivity contribution in [1.82, 2.24) is 0 Å². The number of terminal acetylenes is 1. The van der Waals surface area contributed by atoms with Gasteiger partial charge in [-0.05, 0) is 56.4 Å². The van der Waals surface area contributed by atoms with Gasteiger partial charge in [0.1, 0.15) is 0 Å². The van der Waals surface area contributed by atoms with Crippen molar-refractivity contribution < 1.29 is 14.3 Å². The van der Waals surface area contributed by atoms with Crippen LogP contribution >= 0.6 is 0 Å². The lowest BCUT2D eigenvalue weighted by Gasteiger charge is -2.54. The molecule has 0 aromatic heterocycles. The standard InChI is InChI=1S/C24H30O3/c1-5-21(26)27-24(6-2)14-11-20-18-8-7-16-15-17(25)9-12-22(16,3)19(18)10-13-23(20,24)4/h2,10,15,18,20H,5,7-9,11-14H2,1,3-4H3/t18-,20+,22+,23+,24+/m1/s1. The first-order valence-corrected chi connectivity index (χ1v) is 10.4. The van der Waals surface area contributed by atoms with Gasteiger partial charge in [0.15, 0.2) is 11.4 Å². The summed E-state index contributed by atoms with van der Waals surface area (Å²) in [6, 6.07) is 0. The molecule has 0 bridgehead atoms. The Hall–Kier alpha value is -1.82. The van der Waals surface area contributed by atoms with Gasteiger partial charge in [0.2, 0.25) is 0 Å². The Bertz CT molecular complexity index is 797. The topological polar surface area (TPSA) is 43.4 Å². The summed E-state index contributed by atoms with van der Waals surface area (Å²) in [5, 5.41) is 0. The second kappa shape index (κ2) is 6.09. The number of hydrogen-bond acceptors (Lipinski definition) is 3. The third-order valence-electron chi connectivity index (χ3n) is 8.27. The van der Waals surface area contributed by atoms with Crippen molar-refractivity contribution in [3.05, 3.63) is 23.3 Å². The van der Waals surface area contributed by atoms with Gasteiger partial charge in [-0.25, -0.2) is 0 Å². The van der Waals surface area contributed by atoms with Gasteiger partial charge in [-0.1, -0.05) is 43.9 Å². The number of allylic oxidation sites excluding steroid dienone is 4. The SMILES string of the molecule is C#C[C@]1(OC(=O)CC)CC[C@H]2[C@@H]3CCC4=CC(=O)CC[C@]4(C)C3=CC[C@@]21C. The van der Waals surface area contributed by atoms with Crippen LogP contribution in [0.3, 0.4) is 0 Å². The highest BCUT2D eigenvalue weighted by Gasteiger charge is 2.63. The average Bonchev–Trinajstić information content (AvgIpc) is 2.95. The number of hydrogen-bond donors (Lipinski definition) is 0. The highest BCUT2D eigenvalue weighted by atomic mass is 16.6. The molecule has 0 aromatic rings. The molecule has 27 heavy (non-hydrogen) atoms. The van der Waals surface area contributed by atoms with Crippen molar-refractivity contribution in [2.75, 3.05) is 0 Å². The summed E-state index contributed by atoms with van der Waals surface area (Å²) in [6.45, 7) is 6.38. The molecule has 3 nitrogen and oxygen atoms in total. The van der Waals surface area contributed by atoms with E-state index in [0.29, 0.717) is 24.7 Å². The summed E-state index contributed by atoms with van der Waals surface area (Å²) >= 11 is 0. The van der Waals surface area contributed by atoms with Crippen LogP contribution in [0.2, 0.25) is 0 Å². The van der Waals surface area contributed by atoms with Gasteiger partial charge in [-0.2, -0.15) is 0 Å². The largest absolute Gasteiger partial charge is 0.445 e. The molecule has 0 amide bonds. The van der Waals surface area contributed by atoms with E-state index < -0.39 is 5.60 Å². The summed E-state index contributed by atoms with van der Waals surface area (Å²) in [7, 11) is 0. The molecule has 2 saturated carbocycles. The molecule has 0 heterocycles. The molecule has 4 aliphatic rings. The van der Waals surface area contributed by atoms with Crippen LogP contribution < -0.4 is 0 Å². The molecule has 0 aromatic carbocycles. The van der Waals surface area contributed by atoms with Crippen LogP contribution in [0.15, 0.2) is 23.3 Å². The molecule has 0 saturated heterocycles. The first-order chi connectivity index (χ1) is 12.8. The van der Waals surface area contributed by atoms with Crippen LogP contribution in [-0.4, -0.2) is 17.4 Å². The molecule has 0 radical (unpaired) electrons. The number of esters is 1. The molecule has 2 fully saturated rings. The fraction of sp³-hybridized carbons (Fsp3) is 0.667. The maximum atomic E-state index is 12.1. The smallest absolute Gasteiger partial charge is 0.307 e. The van der Waals surface area contributed by atoms with Crippen LogP contribution in [0.4, 0.5) is 0 Å². The second-order valence-electron chi connectivity index (χ2n) is 9.34. The number of ketones is 1. The zero-order valence-electron chi connectivity index (χ0n) is 16.8. The van der Waals surface area contributed by atoms with Gasteiger partial charge < -0.3 is 4.74 Å². The van der Waals surface area contributed by atoms with Crippen molar-refractivity contribution in [3.63, 3.8) is 0 Å². The molecule has 4 rings (SSSR count). The minimum absolute atomic E-state index is 0.0274.